The van der Waals surface area contributed by atoms with Crippen LogP contribution in [-0.4, -0.2) is 34.7 Å². The van der Waals surface area contributed by atoms with Crippen molar-refractivity contribution in [3.63, 3.8) is 0 Å². The maximum atomic E-state index is 12.5. The fourth-order valence-electron chi connectivity index (χ4n) is 2.25. The summed E-state index contributed by atoms with van der Waals surface area (Å²) in [5, 5.41) is 0.108. The molecule has 26 heavy (non-hydrogen) atoms. The summed E-state index contributed by atoms with van der Waals surface area (Å²) in [5.74, 6) is 0. The second-order valence-corrected chi connectivity index (χ2v) is 9.84. The van der Waals surface area contributed by atoms with E-state index in [0.29, 0.717) is 6.54 Å². The van der Waals surface area contributed by atoms with Crippen molar-refractivity contribution in [3.8, 4) is 0 Å². The summed E-state index contributed by atoms with van der Waals surface area (Å²) in [4.78, 5) is 0.0643. The Labute approximate surface area is 159 Å². The van der Waals surface area contributed by atoms with Gasteiger partial charge < -0.3 is 0 Å². The van der Waals surface area contributed by atoms with E-state index in [-0.39, 0.29) is 20.5 Å². The van der Waals surface area contributed by atoms with Crippen LogP contribution < -0.4 is 4.72 Å². The molecule has 2 aromatic rings. The molecule has 2 rings (SSSR count). The van der Waals surface area contributed by atoms with E-state index in [0.717, 1.165) is 12.8 Å². The molecule has 0 aliphatic carbocycles. The van der Waals surface area contributed by atoms with Gasteiger partial charge in [-0.15, -0.1) is 0 Å². The van der Waals surface area contributed by atoms with Gasteiger partial charge in [0.15, 0.2) is 0 Å². The van der Waals surface area contributed by atoms with E-state index in [2.05, 4.69) is 4.72 Å². The molecule has 0 aliphatic heterocycles. The maximum Gasteiger partial charge on any atom is 0.263 e. The molecule has 0 spiro atoms. The summed E-state index contributed by atoms with van der Waals surface area (Å²) in [6, 6.07) is 11.7. The normalized spacial score (nSPS) is 12.3. The smallest absolute Gasteiger partial charge is 0.263 e. The third-order valence-corrected chi connectivity index (χ3v) is 7.52. The van der Waals surface area contributed by atoms with Gasteiger partial charge in [0, 0.05) is 19.3 Å². The fraction of sp³-hybridized carbons (Fsp3) is 0.294. The van der Waals surface area contributed by atoms with Crippen LogP contribution in [0.25, 0.3) is 0 Å². The highest BCUT2D eigenvalue weighted by atomic mass is 35.5. The van der Waals surface area contributed by atoms with E-state index >= 15 is 0 Å². The first-order valence-corrected chi connectivity index (χ1v) is 11.3. The number of unbranched alkanes of at least 4 members (excludes halogenated alkanes) is 1. The Hall–Kier alpha value is -1.61. The first-order chi connectivity index (χ1) is 12.2. The zero-order chi connectivity index (χ0) is 19.4. The van der Waals surface area contributed by atoms with Gasteiger partial charge in [-0.3, -0.25) is 4.72 Å². The first kappa shape index (κ1) is 20.7. The quantitative estimate of drug-likeness (QED) is 0.713. The van der Waals surface area contributed by atoms with E-state index in [1.54, 1.807) is 12.1 Å². The number of hydrogen-bond acceptors (Lipinski definition) is 4. The number of rotatable bonds is 8. The molecule has 9 heteroatoms. The molecule has 142 valence electrons. The largest absolute Gasteiger partial charge is 0.280 e. The molecule has 0 atom stereocenters. The standard InChI is InChI=1S/C17H21ClN2O4S2/c1-3-4-13-20(2)26(23,24)15-11-9-14(10-12-15)19-25(21,22)17-8-6-5-7-16(17)18/h5-12,19H,3-4,13H2,1-2H3. The van der Waals surface area contributed by atoms with E-state index in [1.165, 1.54) is 47.8 Å². The lowest BCUT2D eigenvalue weighted by molar-refractivity contribution is 0.459. The summed E-state index contributed by atoms with van der Waals surface area (Å²) in [5.41, 5.74) is 0.250. The third kappa shape index (κ3) is 4.76. The summed E-state index contributed by atoms with van der Waals surface area (Å²) < 4.78 is 53.4. The maximum absolute atomic E-state index is 12.5. The lowest BCUT2D eigenvalue weighted by atomic mass is 10.3. The van der Waals surface area contributed by atoms with Crippen LogP contribution in [-0.2, 0) is 20.0 Å². The van der Waals surface area contributed by atoms with Gasteiger partial charge in [0.1, 0.15) is 4.90 Å². The van der Waals surface area contributed by atoms with Crippen molar-refractivity contribution in [2.45, 2.75) is 29.6 Å². The van der Waals surface area contributed by atoms with Crippen molar-refractivity contribution in [1.82, 2.24) is 4.31 Å². The Bertz CT molecular complexity index is 959. The van der Waals surface area contributed by atoms with Gasteiger partial charge in [-0.05, 0) is 42.8 Å². The van der Waals surface area contributed by atoms with Crippen LogP contribution in [0.15, 0.2) is 58.3 Å². The second-order valence-electron chi connectivity index (χ2n) is 5.74. The van der Waals surface area contributed by atoms with Crippen molar-refractivity contribution in [1.29, 1.82) is 0 Å². The highest BCUT2D eigenvalue weighted by Gasteiger charge is 2.21. The summed E-state index contributed by atoms with van der Waals surface area (Å²) in [6.45, 7) is 2.42. The van der Waals surface area contributed by atoms with Crippen LogP contribution in [0.2, 0.25) is 5.02 Å². The minimum absolute atomic E-state index is 0.0438. The van der Waals surface area contributed by atoms with Crippen LogP contribution in [0.4, 0.5) is 5.69 Å². The molecule has 2 aromatic carbocycles. The Morgan fingerprint density at radius 3 is 2.19 bits per heavy atom. The van der Waals surface area contributed by atoms with Crippen LogP contribution in [0.1, 0.15) is 19.8 Å². The average molecular weight is 417 g/mol. The van der Waals surface area contributed by atoms with E-state index < -0.39 is 20.0 Å². The predicted octanol–water partition coefficient (Wildman–Crippen LogP) is 3.56. The molecule has 0 heterocycles. The minimum Gasteiger partial charge on any atom is -0.280 e. The number of hydrogen-bond donors (Lipinski definition) is 1. The van der Waals surface area contributed by atoms with E-state index in [4.69, 9.17) is 11.6 Å². The molecule has 0 aromatic heterocycles. The zero-order valence-electron chi connectivity index (χ0n) is 14.5. The average Bonchev–Trinajstić information content (AvgIpc) is 2.60. The monoisotopic (exact) mass is 416 g/mol. The second kappa shape index (κ2) is 8.39. The zero-order valence-corrected chi connectivity index (χ0v) is 16.9. The fourth-order valence-corrected chi connectivity index (χ4v) is 5.04. The Morgan fingerprint density at radius 1 is 1.00 bits per heavy atom. The summed E-state index contributed by atoms with van der Waals surface area (Å²) in [7, 11) is -5.93. The van der Waals surface area contributed by atoms with Crippen molar-refractivity contribution in [3.05, 3.63) is 53.6 Å². The number of anilines is 1. The Kier molecular flexibility index (Phi) is 6.68. The predicted molar refractivity (Wildman–Crippen MR) is 103 cm³/mol. The number of halogens is 1. The summed E-state index contributed by atoms with van der Waals surface area (Å²) >= 11 is 5.93. The Balaban J connectivity index is 2.21. The highest BCUT2D eigenvalue weighted by molar-refractivity contribution is 7.92. The van der Waals surface area contributed by atoms with Crippen molar-refractivity contribution < 1.29 is 16.8 Å². The molecular formula is C17H21ClN2O4S2. The molecule has 0 saturated carbocycles. The molecule has 6 nitrogen and oxygen atoms in total. The minimum atomic E-state index is -3.86. The molecule has 0 fully saturated rings. The molecule has 0 bridgehead atoms. The van der Waals surface area contributed by atoms with Crippen molar-refractivity contribution in [2.24, 2.45) is 0 Å². The van der Waals surface area contributed by atoms with E-state index in [9.17, 15) is 16.8 Å². The number of nitrogens with zero attached hydrogens (tertiary/aromatic N) is 1. The van der Waals surface area contributed by atoms with Crippen LogP contribution in [0.5, 0.6) is 0 Å². The van der Waals surface area contributed by atoms with Crippen LogP contribution >= 0.6 is 11.6 Å². The summed E-state index contributed by atoms with van der Waals surface area (Å²) in [6.07, 6.45) is 1.66. The van der Waals surface area contributed by atoms with Crippen molar-refractivity contribution >= 4 is 37.3 Å². The molecule has 0 unspecified atom stereocenters. The van der Waals surface area contributed by atoms with Crippen LogP contribution in [0, 0.1) is 0 Å². The van der Waals surface area contributed by atoms with Gasteiger partial charge in [0.05, 0.1) is 9.92 Å². The van der Waals surface area contributed by atoms with Gasteiger partial charge in [-0.2, -0.15) is 0 Å². The highest BCUT2D eigenvalue weighted by Crippen LogP contribution is 2.24. The molecule has 0 radical (unpaired) electrons. The van der Waals surface area contributed by atoms with E-state index in [1.807, 2.05) is 6.92 Å². The number of nitrogens with one attached hydrogen (secondary N) is 1. The van der Waals surface area contributed by atoms with Gasteiger partial charge in [-0.25, -0.2) is 21.1 Å². The number of sulfonamides is 2. The van der Waals surface area contributed by atoms with Gasteiger partial charge >= 0.3 is 0 Å². The topological polar surface area (TPSA) is 83.6 Å². The molecule has 1 N–H and O–H groups in total. The molecule has 0 saturated heterocycles. The van der Waals surface area contributed by atoms with Crippen LogP contribution in [0.3, 0.4) is 0 Å². The molecule has 0 aliphatic rings. The SMILES string of the molecule is CCCCN(C)S(=O)(=O)c1ccc(NS(=O)(=O)c2ccccc2Cl)cc1. The van der Waals surface area contributed by atoms with Gasteiger partial charge in [0.2, 0.25) is 10.0 Å². The van der Waals surface area contributed by atoms with Crippen molar-refractivity contribution in [2.75, 3.05) is 18.3 Å². The molecular weight excluding hydrogens is 396 g/mol. The third-order valence-electron chi connectivity index (χ3n) is 3.77. The number of benzene rings is 2. The van der Waals surface area contributed by atoms with Gasteiger partial charge in [-0.1, -0.05) is 37.1 Å². The lowest BCUT2D eigenvalue weighted by Crippen LogP contribution is -2.27. The first-order valence-electron chi connectivity index (χ1n) is 8.02. The van der Waals surface area contributed by atoms with Gasteiger partial charge in [0.25, 0.3) is 10.0 Å². The lowest BCUT2D eigenvalue weighted by Gasteiger charge is -2.17. The Morgan fingerprint density at radius 2 is 1.62 bits per heavy atom. The molecule has 0 amide bonds.